The molecule has 0 aromatic heterocycles. The van der Waals surface area contributed by atoms with Gasteiger partial charge in [0.15, 0.2) is 0 Å². The molecular weight excluding hydrogens is 445 g/mol. The van der Waals surface area contributed by atoms with Gasteiger partial charge in [0.25, 0.3) is 11.8 Å². The van der Waals surface area contributed by atoms with E-state index < -0.39 is 27.3 Å². The van der Waals surface area contributed by atoms with Crippen molar-refractivity contribution in [3.63, 3.8) is 0 Å². The van der Waals surface area contributed by atoms with E-state index in [1.807, 2.05) is 0 Å². The molecule has 0 bridgehead atoms. The first-order valence-corrected chi connectivity index (χ1v) is 11.7. The zero-order valence-corrected chi connectivity index (χ0v) is 18.7. The first kappa shape index (κ1) is 23.2. The van der Waals surface area contributed by atoms with Gasteiger partial charge in [0.1, 0.15) is 5.82 Å². The van der Waals surface area contributed by atoms with Crippen molar-refractivity contribution in [2.45, 2.75) is 37.6 Å². The maximum atomic E-state index is 14.3. The van der Waals surface area contributed by atoms with Gasteiger partial charge in [-0.25, -0.2) is 12.8 Å². The van der Waals surface area contributed by atoms with Crippen LogP contribution in [0.1, 0.15) is 47.4 Å². The molecule has 0 heterocycles. The average molecular weight is 468 g/mol. The lowest BCUT2D eigenvalue weighted by atomic mass is 10.1. The molecule has 166 valence electrons. The van der Waals surface area contributed by atoms with E-state index in [9.17, 15) is 22.4 Å². The standard InChI is InChI=1S/C21H23ClFN3O4S/c1-3-26(4-2)31(29,30)15-8-10-19(23)17(12-15)21(28)25-14-7-9-16(18(22)11-14)20(27)24-13-5-6-13/h7-13H,3-6H2,1-2H3,(H,24,27)(H,25,28). The Morgan fingerprint density at radius 2 is 1.74 bits per heavy atom. The number of benzene rings is 2. The molecule has 1 fully saturated rings. The fourth-order valence-electron chi connectivity index (χ4n) is 3.02. The van der Waals surface area contributed by atoms with E-state index in [0.29, 0.717) is 0 Å². The number of nitrogens with one attached hydrogen (secondary N) is 2. The Bertz CT molecular complexity index is 1120. The Labute approximate surface area is 185 Å². The van der Waals surface area contributed by atoms with E-state index >= 15 is 0 Å². The summed E-state index contributed by atoms with van der Waals surface area (Å²) in [5.74, 6) is -1.99. The molecule has 2 aromatic rings. The van der Waals surface area contributed by atoms with E-state index in [1.54, 1.807) is 13.8 Å². The van der Waals surface area contributed by atoms with E-state index in [1.165, 1.54) is 22.5 Å². The van der Waals surface area contributed by atoms with Gasteiger partial charge >= 0.3 is 0 Å². The number of hydrogen-bond acceptors (Lipinski definition) is 4. The van der Waals surface area contributed by atoms with Crippen LogP contribution in [0.25, 0.3) is 0 Å². The third-order valence-corrected chi connectivity index (χ3v) is 7.27. The quantitative estimate of drug-likeness (QED) is 0.619. The fourth-order valence-corrected chi connectivity index (χ4v) is 4.77. The van der Waals surface area contributed by atoms with Crippen molar-refractivity contribution in [2.24, 2.45) is 0 Å². The van der Waals surface area contributed by atoms with Gasteiger partial charge in [0.05, 0.1) is 21.0 Å². The van der Waals surface area contributed by atoms with Crippen LogP contribution < -0.4 is 10.6 Å². The highest BCUT2D eigenvalue weighted by atomic mass is 35.5. The minimum atomic E-state index is -3.85. The number of sulfonamides is 1. The molecule has 2 aromatic carbocycles. The Kier molecular flexibility index (Phi) is 6.98. The number of anilines is 1. The van der Waals surface area contributed by atoms with Gasteiger partial charge in [0.2, 0.25) is 10.0 Å². The SMILES string of the molecule is CCN(CC)S(=O)(=O)c1ccc(F)c(C(=O)Nc2ccc(C(=O)NC3CC3)c(Cl)c2)c1. The molecule has 0 aliphatic heterocycles. The normalized spacial score (nSPS) is 13.8. The van der Waals surface area contributed by atoms with Crippen LogP contribution in [0.5, 0.6) is 0 Å². The van der Waals surface area contributed by atoms with Crippen molar-refractivity contribution in [1.82, 2.24) is 9.62 Å². The van der Waals surface area contributed by atoms with Crippen LogP contribution in [0.15, 0.2) is 41.3 Å². The van der Waals surface area contributed by atoms with E-state index in [2.05, 4.69) is 10.6 Å². The summed E-state index contributed by atoms with van der Waals surface area (Å²) in [6.07, 6.45) is 1.87. The number of rotatable bonds is 8. The number of amides is 2. The zero-order valence-electron chi connectivity index (χ0n) is 17.1. The van der Waals surface area contributed by atoms with Gasteiger partial charge in [0, 0.05) is 24.8 Å². The van der Waals surface area contributed by atoms with Gasteiger partial charge in [-0.2, -0.15) is 4.31 Å². The molecule has 1 aliphatic rings. The predicted octanol–water partition coefficient (Wildman–Crippen LogP) is 3.65. The molecular formula is C21H23ClFN3O4S. The maximum Gasteiger partial charge on any atom is 0.258 e. The van der Waals surface area contributed by atoms with E-state index in [0.717, 1.165) is 31.0 Å². The van der Waals surface area contributed by atoms with Crippen LogP contribution in [0.2, 0.25) is 5.02 Å². The zero-order chi connectivity index (χ0) is 22.8. The summed E-state index contributed by atoms with van der Waals surface area (Å²) in [4.78, 5) is 24.6. The maximum absolute atomic E-state index is 14.3. The van der Waals surface area contributed by atoms with Crippen LogP contribution in [0.4, 0.5) is 10.1 Å². The van der Waals surface area contributed by atoms with Crippen molar-refractivity contribution in [1.29, 1.82) is 0 Å². The fraction of sp³-hybridized carbons (Fsp3) is 0.333. The highest BCUT2D eigenvalue weighted by Gasteiger charge is 2.26. The summed E-state index contributed by atoms with van der Waals surface area (Å²) in [5.41, 5.74) is 0.0966. The van der Waals surface area contributed by atoms with Crippen molar-refractivity contribution < 1.29 is 22.4 Å². The molecule has 2 amide bonds. The van der Waals surface area contributed by atoms with Gasteiger partial charge < -0.3 is 10.6 Å². The van der Waals surface area contributed by atoms with E-state index in [-0.39, 0.29) is 46.2 Å². The van der Waals surface area contributed by atoms with Gasteiger partial charge in [-0.3, -0.25) is 9.59 Å². The summed E-state index contributed by atoms with van der Waals surface area (Å²) in [7, 11) is -3.85. The summed E-state index contributed by atoms with van der Waals surface area (Å²) >= 11 is 6.17. The summed E-state index contributed by atoms with van der Waals surface area (Å²) < 4.78 is 40.9. The van der Waals surface area contributed by atoms with Crippen LogP contribution in [-0.4, -0.2) is 43.7 Å². The van der Waals surface area contributed by atoms with Crippen molar-refractivity contribution in [3.8, 4) is 0 Å². The van der Waals surface area contributed by atoms with Crippen LogP contribution in [0.3, 0.4) is 0 Å². The lowest BCUT2D eigenvalue weighted by molar-refractivity contribution is 0.0950. The minimum absolute atomic E-state index is 0.134. The summed E-state index contributed by atoms with van der Waals surface area (Å²) in [5, 5.41) is 5.45. The first-order chi connectivity index (χ1) is 14.7. The number of halogens is 2. The molecule has 0 atom stereocenters. The molecule has 10 heteroatoms. The monoisotopic (exact) mass is 467 g/mol. The molecule has 0 unspecified atom stereocenters. The van der Waals surface area contributed by atoms with Crippen molar-refractivity contribution in [2.75, 3.05) is 18.4 Å². The van der Waals surface area contributed by atoms with Gasteiger partial charge in [-0.1, -0.05) is 25.4 Å². The van der Waals surface area contributed by atoms with Crippen LogP contribution >= 0.6 is 11.6 Å². The Hall–Kier alpha value is -2.49. The minimum Gasteiger partial charge on any atom is -0.349 e. The third-order valence-electron chi connectivity index (χ3n) is 4.91. The van der Waals surface area contributed by atoms with Crippen molar-refractivity contribution >= 4 is 39.1 Å². The lowest BCUT2D eigenvalue weighted by Gasteiger charge is -2.19. The lowest BCUT2D eigenvalue weighted by Crippen LogP contribution is -2.31. The summed E-state index contributed by atoms with van der Waals surface area (Å²) in [6.45, 7) is 3.88. The molecule has 2 N–H and O–H groups in total. The Morgan fingerprint density at radius 1 is 1.06 bits per heavy atom. The number of carbonyl (C=O) groups is 2. The van der Waals surface area contributed by atoms with Gasteiger partial charge in [-0.05, 0) is 49.2 Å². The van der Waals surface area contributed by atoms with Crippen molar-refractivity contribution in [3.05, 3.63) is 58.4 Å². The van der Waals surface area contributed by atoms with E-state index in [4.69, 9.17) is 11.6 Å². The summed E-state index contributed by atoms with van der Waals surface area (Å²) in [6, 6.07) is 7.58. The Morgan fingerprint density at radius 3 is 2.32 bits per heavy atom. The molecule has 3 rings (SSSR count). The largest absolute Gasteiger partial charge is 0.349 e. The van der Waals surface area contributed by atoms with Crippen LogP contribution in [0, 0.1) is 5.82 Å². The average Bonchev–Trinajstić information content (AvgIpc) is 3.52. The topological polar surface area (TPSA) is 95.6 Å². The second-order valence-electron chi connectivity index (χ2n) is 7.13. The van der Waals surface area contributed by atoms with Gasteiger partial charge in [-0.15, -0.1) is 0 Å². The molecule has 1 aliphatic carbocycles. The second kappa shape index (κ2) is 9.33. The second-order valence-corrected chi connectivity index (χ2v) is 9.47. The molecule has 0 radical (unpaired) electrons. The molecule has 1 saturated carbocycles. The molecule has 7 nitrogen and oxygen atoms in total. The first-order valence-electron chi connectivity index (χ1n) is 9.88. The highest BCUT2D eigenvalue weighted by molar-refractivity contribution is 7.89. The Balaban J connectivity index is 1.81. The van der Waals surface area contributed by atoms with Crippen LogP contribution in [-0.2, 0) is 10.0 Å². The number of hydrogen-bond donors (Lipinski definition) is 2. The molecule has 0 saturated heterocycles. The number of nitrogens with zero attached hydrogens (tertiary/aromatic N) is 1. The molecule has 0 spiro atoms. The smallest absolute Gasteiger partial charge is 0.258 e. The highest BCUT2D eigenvalue weighted by Crippen LogP contribution is 2.25. The third kappa shape index (κ3) is 5.23. The number of carbonyl (C=O) groups excluding carboxylic acids is 2. The molecule has 31 heavy (non-hydrogen) atoms. The predicted molar refractivity (Wildman–Crippen MR) is 116 cm³/mol.